The number of amides is 1. The number of hydrogen-bond acceptors (Lipinski definition) is 4. The predicted octanol–water partition coefficient (Wildman–Crippen LogP) is 4.01. The molecule has 158 valence electrons. The van der Waals surface area contributed by atoms with Crippen molar-refractivity contribution < 1.29 is 13.9 Å². The summed E-state index contributed by atoms with van der Waals surface area (Å²) in [6.07, 6.45) is 1.79. The Morgan fingerprint density at radius 3 is 2.50 bits per heavy atom. The lowest BCUT2D eigenvalue weighted by atomic mass is 10.1. The van der Waals surface area contributed by atoms with Gasteiger partial charge in [-0.3, -0.25) is 9.48 Å². The van der Waals surface area contributed by atoms with Gasteiger partial charge in [-0.1, -0.05) is 13.8 Å². The molecular formula is C23H27FN4O2. The number of aromatic nitrogens is 2. The number of rotatable bonds is 5. The van der Waals surface area contributed by atoms with Gasteiger partial charge in [-0.15, -0.1) is 0 Å². The number of nitrogens with zero attached hydrogens (tertiary/aromatic N) is 4. The highest BCUT2D eigenvalue weighted by Crippen LogP contribution is 2.32. The largest absolute Gasteiger partial charge is 0.457 e. The van der Waals surface area contributed by atoms with Gasteiger partial charge in [0.25, 0.3) is 5.91 Å². The Morgan fingerprint density at radius 1 is 1.13 bits per heavy atom. The molecule has 1 aromatic heterocycles. The molecule has 1 aliphatic rings. The Kier molecular flexibility index (Phi) is 5.72. The molecule has 0 bridgehead atoms. The summed E-state index contributed by atoms with van der Waals surface area (Å²) in [7, 11) is 2.06. The number of fused-ring (bicyclic) bond motifs is 1. The van der Waals surface area contributed by atoms with Gasteiger partial charge >= 0.3 is 0 Å². The van der Waals surface area contributed by atoms with E-state index in [1.54, 1.807) is 18.3 Å². The number of carbonyl (C=O) groups is 1. The van der Waals surface area contributed by atoms with Crippen molar-refractivity contribution in [3.05, 3.63) is 54.0 Å². The minimum Gasteiger partial charge on any atom is -0.457 e. The third-order valence-electron chi connectivity index (χ3n) is 5.34. The average molecular weight is 410 g/mol. The van der Waals surface area contributed by atoms with Crippen LogP contribution in [0.25, 0.3) is 10.9 Å². The highest BCUT2D eigenvalue weighted by molar-refractivity contribution is 6.01. The molecular weight excluding hydrogens is 383 g/mol. The van der Waals surface area contributed by atoms with Crippen LogP contribution >= 0.6 is 0 Å². The Bertz CT molecular complexity index is 1040. The summed E-state index contributed by atoms with van der Waals surface area (Å²) >= 11 is 0. The zero-order valence-corrected chi connectivity index (χ0v) is 17.6. The van der Waals surface area contributed by atoms with Gasteiger partial charge in [0, 0.05) is 38.1 Å². The number of piperazine rings is 1. The van der Waals surface area contributed by atoms with Crippen molar-refractivity contribution >= 4 is 16.8 Å². The van der Waals surface area contributed by atoms with Crippen LogP contribution in [0, 0.1) is 11.7 Å². The van der Waals surface area contributed by atoms with E-state index in [1.165, 1.54) is 12.1 Å². The van der Waals surface area contributed by atoms with Crippen LogP contribution in [-0.4, -0.2) is 58.7 Å². The van der Waals surface area contributed by atoms with E-state index >= 15 is 0 Å². The molecule has 0 atom stereocenters. The maximum absolute atomic E-state index is 13.4. The first-order valence-corrected chi connectivity index (χ1v) is 10.3. The molecule has 0 N–H and O–H groups in total. The Hall–Kier alpha value is -2.93. The van der Waals surface area contributed by atoms with Crippen molar-refractivity contribution in [2.75, 3.05) is 33.2 Å². The third kappa shape index (κ3) is 4.31. The summed E-state index contributed by atoms with van der Waals surface area (Å²) in [4.78, 5) is 17.5. The lowest BCUT2D eigenvalue weighted by molar-refractivity contribution is 0.0661. The first-order valence-electron chi connectivity index (χ1n) is 10.3. The first-order chi connectivity index (χ1) is 14.4. The zero-order chi connectivity index (χ0) is 21.3. The lowest BCUT2D eigenvalue weighted by Gasteiger charge is -2.32. The van der Waals surface area contributed by atoms with Gasteiger partial charge in [0.15, 0.2) is 0 Å². The molecule has 0 radical (unpaired) electrons. The fourth-order valence-corrected chi connectivity index (χ4v) is 3.66. The van der Waals surface area contributed by atoms with Gasteiger partial charge in [-0.2, -0.15) is 5.10 Å². The molecule has 4 rings (SSSR count). The van der Waals surface area contributed by atoms with Crippen molar-refractivity contribution in [3.63, 3.8) is 0 Å². The minimum absolute atomic E-state index is 0.0561. The lowest BCUT2D eigenvalue weighted by Crippen LogP contribution is -2.47. The normalized spacial score (nSPS) is 15.2. The molecule has 0 unspecified atom stereocenters. The van der Waals surface area contributed by atoms with Crippen LogP contribution in [0.5, 0.6) is 11.5 Å². The number of halogens is 1. The third-order valence-corrected chi connectivity index (χ3v) is 5.34. The molecule has 6 nitrogen and oxygen atoms in total. The number of ether oxygens (including phenoxy) is 1. The zero-order valence-electron chi connectivity index (χ0n) is 17.6. The molecule has 7 heteroatoms. The summed E-state index contributed by atoms with van der Waals surface area (Å²) in [5, 5.41) is 5.40. The van der Waals surface area contributed by atoms with Crippen molar-refractivity contribution in [2.24, 2.45) is 5.92 Å². The van der Waals surface area contributed by atoms with Crippen LogP contribution in [0.4, 0.5) is 4.39 Å². The minimum atomic E-state index is -0.332. The molecule has 1 saturated heterocycles. The van der Waals surface area contributed by atoms with E-state index in [-0.39, 0.29) is 11.7 Å². The van der Waals surface area contributed by atoms with Gasteiger partial charge in [-0.05, 0) is 49.4 Å². The van der Waals surface area contributed by atoms with Gasteiger partial charge < -0.3 is 14.5 Å². The Labute approximate surface area is 175 Å². The second-order valence-electron chi connectivity index (χ2n) is 8.28. The molecule has 0 spiro atoms. The predicted molar refractivity (Wildman–Crippen MR) is 114 cm³/mol. The van der Waals surface area contributed by atoms with Crippen molar-refractivity contribution in [2.45, 2.75) is 20.4 Å². The topological polar surface area (TPSA) is 50.6 Å². The Balaban J connectivity index is 1.74. The van der Waals surface area contributed by atoms with E-state index in [0.29, 0.717) is 36.1 Å². The van der Waals surface area contributed by atoms with Gasteiger partial charge in [0.1, 0.15) is 17.3 Å². The van der Waals surface area contributed by atoms with Crippen LogP contribution in [0.2, 0.25) is 0 Å². The fraction of sp³-hybridized carbons (Fsp3) is 0.391. The second-order valence-corrected chi connectivity index (χ2v) is 8.28. The monoisotopic (exact) mass is 410 g/mol. The van der Waals surface area contributed by atoms with Crippen molar-refractivity contribution in [1.29, 1.82) is 0 Å². The molecule has 2 aromatic carbocycles. The molecule has 1 aliphatic heterocycles. The highest BCUT2D eigenvalue weighted by Gasteiger charge is 2.25. The number of likely N-dealkylation sites (N-methyl/N-ethyl adjacent to an activating group) is 1. The summed E-state index contributed by atoms with van der Waals surface area (Å²) in [6.45, 7) is 8.07. The maximum atomic E-state index is 13.4. The van der Waals surface area contributed by atoms with E-state index < -0.39 is 0 Å². The summed E-state index contributed by atoms with van der Waals surface area (Å²) in [5.74, 6) is 0.987. The van der Waals surface area contributed by atoms with Gasteiger partial charge in [0.05, 0.1) is 17.3 Å². The van der Waals surface area contributed by atoms with Crippen LogP contribution in [0.3, 0.4) is 0 Å². The highest BCUT2D eigenvalue weighted by atomic mass is 19.1. The molecule has 2 heterocycles. The number of carbonyl (C=O) groups excluding carboxylic acids is 1. The summed E-state index contributed by atoms with van der Waals surface area (Å²) in [6, 6.07) is 9.54. The Morgan fingerprint density at radius 2 is 1.83 bits per heavy atom. The van der Waals surface area contributed by atoms with Crippen molar-refractivity contribution in [1.82, 2.24) is 19.6 Å². The first kappa shape index (κ1) is 20.3. The maximum Gasteiger partial charge on any atom is 0.257 e. The van der Waals surface area contributed by atoms with Crippen LogP contribution in [0.15, 0.2) is 42.6 Å². The smallest absolute Gasteiger partial charge is 0.257 e. The van der Waals surface area contributed by atoms with E-state index in [9.17, 15) is 9.18 Å². The fourth-order valence-electron chi connectivity index (χ4n) is 3.66. The number of hydrogen-bond donors (Lipinski definition) is 0. The standard InChI is InChI=1S/C23H27FN4O2/c1-16(2)15-28-21-13-20(23(29)27-10-8-26(3)9-11-27)22(12-17(21)14-25-28)30-19-6-4-18(24)5-7-19/h4-7,12-14,16H,8-11,15H2,1-3H3. The van der Waals surface area contributed by atoms with E-state index in [1.807, 2.05) is 21.7 Å². The van der Waals surface area contributed by atoms with Crippen molar-refractivity contribution in [3.8, 4) is 11.5 Å². The average Bonchev–Trinajstić information content (AvgIpc) is 3.10. The van der Waals surface area contributed by atoms with E-state index in [0.717, 1.165) is 30.5 Å². The second kappa shape index (κ2) is 8.44. The molecule has 0 saturated carbocycles. The van der Waals surface area contributed by atoms with Crippen LogP contribution in [-0.2, 0) is 6.54 Å². The summed E-state index contributed by atoms with van der Waals surface area (Å²) < 4.78 is 21.3. The quantitative estimate of drug-likeness (QED) is 0.638. The molecule has 30 heavy (non-hydrogen) atoms. The summed E-state index contributed by atoms with van der Waals surface area (Å²) in [5.41, 5.74) is 1.41. The van der Waals surface area contributed by atoms with E-state index in [2.05, 4.69) is 30.9 Å². The number of benzene rings is 2. The molecule has 0 aliphatic carbocycles. The van der Waals surface area contributed by atoms with E-state index in [4.69, 9.17) is 4.74 Å². The van der Waals surface area contributed by atoms with Crippen LogP contribution < -0.4 is 4.74 Å². The molecule has 3 aromatic rings. The molecule has 1 amide bonds. The SMILES string of the molecule is CC(C)Cn1ncc2cc(Oc3ccc(F)cc3)c(C(=O)N3CCN(C)CC3)cc21. The van der Waals surface area contributed by atoms with Crippen LogP contribution in [0.1, 0.15) is 24.2 Å². The molecule has 1 fully saturated rings. The van der Waals surface area contributed by atoms with Gasteiger partial charge in [0.2, 0.25) is 0 Å². The van der Waals surface area contributed by atoms with Gasteiger partial charge in [-0.25, -0.2) is 4.39 Å².